The van der Waals surface area contributed by atoms with E-state index in [-0.39, 0.29) is 36.3 Å². The highest BCUT2D eigenvalue weighted by Gasteiger charge is 2.43. The minimum atomic E-state index is -0.801. The number of rotatable bonds is 7. The minimum absolute atomic E-state index is 0.0424. The van der Waals surface area contributed by atoms with E-state index in [0.717, 1.165) is 43.4 Å². The van der Waals surface area contributed by atoms with Crippen LogP contribution in [0.15, 0.2) is 41.2 Å². The molecule has 1 saturated carbocycles. The van der Waals surface area contributed by atoms with Gasteiger partial charge in [-0.15, -0.1) is 0 Å². The Hall–Kier alpha value is -2.74. The predicted molar refractivity (Wildman–Crippen MR) is 114 cm³/mol. The molecule has 4 amide bonds. The Morgan fingerprint density at radius 1 is 1.23 bits per heavy atom. The molecule has 158 valence electrons. The Morgan fingerprint density at radius 3 is 2.77 bits per heavy atom. The van der Waals surface area contributed by atoms with Crippen LogP contribution in [-0.4, -0.2) is 39.8 Å². The highest BCUT2D eigenvalue weighted by molar-refractivity contribution is 7.07. The lowest BCUT2D eigenvalue weighted by molar-refractivity contribution is -0.132. The predicted octanol–water partition coefficient (Wildman–Crippen LogP) is 3.19. The third-order valence-electron chi connectivity index (χ3n) is 5.78. The monoisotopic (exact) mass is 426 g/mol. The van der Waals surface area contributed by atoms with Crippen LogP contribution in [0.5, 0.6) is 0 Å². The molecule has 4 rings (SSSR count). The molecule has 0 aromatic carbocycles. The van der Waals surface area contributed by atoms with E-state index in [9.17, 15) is 14.4 Å². The molecule has 2 aromatic heterocycles. The average molecular weight is 427 g/mol. The third kappa shape index (κ3) is 4.70. The number of pyridine rings is 1. The lowest BCUT2D eigenvalue weighted by atomic mass is 9.94. The lowest BCUT2D eigenvalue weighted by Gasteiger charge is -2.28. The molecule has 1 aliphatic heterocycles. The van der Waals surface area contributed by atoms with Gasteiger partial charge in [-0.3, -0.25) is 19.5 Å². The van der Waals surface area contributed by atoms with Crippen LogP contribution < -0.4 is 10.6 Å². The Balaban J connectivity index is 1.40. The fraction of sp³-hybridized carbons (Fsp3) is 0.455. The summed E-state index contributed by atoms with van der Waals surface area (Å²) in [5.41, 5.74) is 1.88. The summed E-state index contributed by atoms with van der Waals surface area (Å²) in [5.74, 6) is -0.556. The summed E-state index contributed by atoms with van der Waals surface area (Å²) >= 11 is 1.61. The van der Waals surface area contributed by atoms with Crippen LogP contribution in [-0.2, 0) is 16.0 Å². The molecule has 0 radical (unpaired) electrons. The normalized spacial score (nSPS) is 20.8. The number of nitrogens with one attached hydrogen (secondary N) is 2. The Kier molecular flexibility index (Phi) is 6.42. The lowest BCUT2D eigenvalue weighted by Crippen LogP contribution is -2.42. The highest BCUT2D eigenvalue weighted by atomic mass is 32.1. The van der Waals surface area contributed by atoms with Crippen LogP contribution in [0.4, 0.5) is 4.79 Å². The van der Waals surface area contributed by atoms with E-state index in [1.165, 1.54) is 4.90 Å². The number of nitrogens with zero attached hydrogens (tertiary/aromatic N) is 2. The summed E-state index contributed by atoms with van der Waals surface area (Å²) in [6.45, 7) is 0. The zero-order chi connectivity index (χ0) is 20.9. The molecule has 0 spiro atoms. The molecular formula is C22H26N4O3S. The second-order valence-corrected chi connectivity index (χ2v) is 8.70. The second kappa shape index (κ2) is 9.38. The smallest absolute Gasteiger partial charge is 0.325 e. The van der Waals surface area contributed by atoms with Gasteiger partial charge in [0, 0.05) is 12.2 Å². The molecular weight excluding hydrogens is 400 g/mol. The number of hydrogen-bond donors (Lipinski definition) is 2. The number of imide groups is 1. The van der Waals surface area contributed by atoms with Crippen molar-refractivity contribution in [3.8, 4) is 0 Å². The van der Waals surface area contributed by atoms with Gasteiger partial charge in [-0.1, -0.05) is 25.3 Å². The van der Waals surface area contributed by atoms with Gasteiger partial charge in [-0.05, 0) is 53.8 Å². The molecule has 7 nitrogen and oxygen atoms in total. The van der Waals surface area contributed by atoms with Gasteiger partial charge >= 0.3 is 6.03 Å². The molecule has 1 saturated heterocycles. The van der Waals surface area contributed by atoms with Crippen LogP contribution in [0.2, 0.25) is 0 Å². The van der Waals surface area contributed by atoms with Crippen LogP contribution in [0.3, 0.4) is 0 Å². The van der Waals surface area contributed by atoms with Gasteiger partial charge in [0.2, 0.25) is 5.91 Å². The molecule has 1 aliphatic carbocycles. The zero-order valence-electron chi connectivity index (χ0n) is 16.8. The number of urea groups is 1. The van der Waals surface area contributed by atoms with E-state index in [0.29, 0.717) is 6.42 Å². The number of carbonyl (C=O) groups is 3. The summed E-state index contributed by atoms with van der Waals surface area (Å²) in [4.78, 5) is 43.7. The molecule has 2 aliphatic rings. The quantitative estimate of drug-likeness (QED) is 0.665. The Labute approximate surface area is 179 Å². The maximum atomic E-state index is 12.8. The largest absolute Gasteiger partial charge is 0.347 e. The first-order chi connectivity index (χ1) is 14.6. The van der Waals surface area contributed by atoms with Crippen molar-refractivity contribution in [1.29, 1.82) is 0 Å². The van der Waals surface area contributed by atoms with E-state index in [4.69, 9.17) is 0 Å². The molecule has 2 atom stereocenters. The van der Waals surface area contributed by atoms with Crippen molar-refractivity contribution in [3.63, 3.8) is 0 Å². The standard InChI is InChI=1S/C22H26N4O3S/c27-20(13-19-21(28)26(22(29)25-19)16-6-2-1-3-7-16)24-18(12-15-9-11-30-14-15)17-8-4-5-10-23-17/h4-5,8-11,14,16,18-19H,1-3,6-7,12-13H2,(H,24,27)(H,25,29)/t18-,19-/m1/s1. The van der Waals surface area contributed by atoms with Crippen molar-refractivity contribution in [3.05, 3.63) is 52.5 Å². The second-order valence-electron chi connectivity index (χ2n) is 7.92. The summed E-state index contributed by atoms with van der Waals surface area (Å²) in [6.07, 6.45) is 7.14. The van der Waals surface area contributed by atoms with Crippen molar-refractivity contribution in [2.45, 2.75) is 63.1 Å². The van der Waals surface area contributed by atoms with Gasteiger partial charge in [0.25, 0.3) is 5.91 Å². The van der Waals surface area contributed by atoms with Crippen LogP contribution in [0, 0.1) is 0 Å². The van der Waals surface area contributed by atoms with Crippen LogP contribution in [0.1, 0.15) is 55.8 Å². The number of aromatic nitrogens is 1. The van der Waals surface area contributed by atoms with E-state index in [1.54, 1.807) is 17.5 Å². The molecule has 2 aromatic rings. The number of carbonyl (C=O) groups excluding carboxylic acids is 3. The molecule has 0 unspecified atom stereocenters. The topological polar surface area (TPSA) is 91.4 Å². The Bertz CT molecular complexity index is 881. The van der Waals surface area contributed by atoms with Crippen molar-refractivity contribution in [2.24, 2.45) is 0 Å². The average Bonchev–Trinajstić information content (AvgIpc) is 3.36. The van der Waals surface area contributed by atoms with Crippen molar-refractivity contribution in [2.75, 3.05) is 0 Å². The third-order valence-corrected chi connectivity index (χ3v) is 6.51. The minimum Gasteiger partial charge on any atom is -0.347 e. The van der Waals surface area contributed by atoms with Gasteiger partial charge in [0.15, 0.2) is 0 Å². The maximum absolute atomic E-state index is 12.8. The highest BCUT2D eigenvalue weighted by Crippen LogP contribution is 2.26. The molecule has 30 heavy (non-hydrogen) atoms. The first-order valence-corrected chi connectivity index (χ1v) is 11.4. The number of hydrogen-bond acceptors (Lipinski definition) is 5. The fourth-order valence-electron chi connectivity index (χ4n) is 4.27. The summed E-state index contributed by atoms with van der Waals surface area (Å²) in [5, 5.41) is 9.76. The maximum Gasteiger partial charge on any atom is 0.325 e. The van der Waals surface area contributed by atoms with E-state index in [2.05, 4.69) is 15.6 Å². The van der Waals surface area contributed by atoms with Crippen molar-refractivity contribution < 1.29 is 14.4 Å². The van der Waals surface area contributed by atoms with Crippen LogP contribution >= 0.6 is 11.3 Å². The SMILES string of the molecule is O=C(C[C@H]1NC(=O)N(C2CCCCC2)C1=O)N[C@H](Cc1ccsc1)c1ccccn1. The zero-order valence-corrected chi connectivity index (χ0v) is 17.6. The Morgan fingerprint density at radius 2 is 2.07 bits per heavy atom. The van der Waals surface area contributed by atoms with Gasteiger partial charge < -0.3 is 10.6 Å². The summed E-state index contributed by atoms with van der Waals surface area (Å²) in [6, 6.07) is 6.11. The van der Waals surface area contributed by atoms with E-state index < -0.39 is 6.04 Å². The van der Waals surface area contributed by atoms with Crippen molar-refractivity contribution >= 4 is 29.2 Å². The van der Waals surface area contributed by atoms with Crippen LogP contribution in [0.25, 0.3) is 0 Å². The molecule has 8 heteroatoms. The first-order valence-electron chi connectivity index (χ1n) is 10.5. The van der Waals surface area contributed by atoms with Gasteiger partial charge in [0.1, 0.15) is 6.04 Å². The van der Waals surface area contributed by atoms with Gasteiger partial charge in [-0.25, -0.2) is 4.79 Å². The van der Waals surface area contributed by atoms with Gasteiger partial charge in [-0.2, -0.15) is 11.3 Å². The molecule has 3 heterocycles. The summed E-state index contributed by atoms with van der Waals surface area (Å²) in [7, 11) is 0. The molecule has 2 fully saturated rings. The molecule has 2 N–H and O–H groups in total. The van der Waals surface area contributed by atoms with Gasteiger partial charge in [0.05, 0.1) is 18.2 Å². The molecule has 0 bridgehead atoms. The number of amides is 4. The summed E-state index contributed by atoms with van der Waals surface area (Å²) < 4.78 is 0. The van der Waals surface area contributed by atoms with E-state index in [1.807, 2.05) is 35.0 Å². The fourth-order valence-corrected chi connectivity index (χ4v) is 4.95. The first kappa shape index (κ1) is 20.5. The van der Waals surface area contributed by atoms with Crippen molar-refractivity contribution in [1.82, 2.24) is 20.5 Å². The number of thiophene rings is 1. The van der Waals surface area contributed by atoms with E-state index >= 15 is 0 Å².